The van der Waals surface area contributed by atoms with Gasteiger partial charge in [0.2, 0.25) is 5.91 Å². The van der Waals surface area contributed by atoms with Gasteiger partial charge in [0.25, 0.3) is 0 Å². The lowest BCUT2D eigenvalue weighted by Crippen LogP contribution is -2.44. The molecule has 0 aliphatic rings. The van der Waals surface area contributed by atoms with Crippen molar-refractivity contribution in [3.63, 3.8) is 0 Å². The molecule has 0 aromatic heterocycles. The minimum absolute atomic E-state index is 0.0640. The minimum Gasteiger partial charge on any atom is -0.352 e. The summed E-state index contributed by atoms with van der Waals surface area (Å²) in [6.45, 7) is 3.90. The number of nitrogens with two attached hydrogens (primary N) is 1. The van der Waals surface area contributed by atoms with E-state index < -0.39 is 6.04 Å². The van der Waals surface area contributed by atoms with Gasteiger partial charge in [-0.05, 0) is 25.3 Å². The standard InChI is InChI=1S/C13H20N2O/c1-3-12(14)13(16)15-10(2)9-11-7-5-4-6-8-11/h4-8,10,12H,3,9,14H2,1-2H3,(H,15,16)/t10?,12-/m1/s1. The zero-order valence-corrected chi connectivity index (χ0v) is 9.94. The Morgan fingerprint density at radius 1 is 1.38 bits per heavy atom. The van der Waals surface area contributed by atoms with E-state index in [2.05, 4.69) is 17.4 Å². The lowest BCUT2D eigenvalue weighted by atomic mass is 10.1. The Morgan fingerprint density at radius 3 is 2.56 bits per heavy atom. The van der Waals surface area contributed by atoms with Crippen molar-refractivity contribution in [2.45, 2.75) is 38.8 Å². The van der Waals surface area contributed by atoms with Crippen LogP contribution in [0.5, 0.6) is 0 Å². The fourth-order valence-electron chi connectivity index (χ4n) is 1.55. The van der Waals surface area contributed by atoms with Gasteiger partial charge in [0.1, 0.15) is 0 Å². The highest BCUT2D eigenvalue weighted by molar-refractivity contribution is 5.81. The van der Waals surface area contributed by atoms with E-state index in [1.165, 1.54) is 5.56 Å². The van der Waals surface area contributed by atoms with Gasteiger partial charge in [0, 0.05) is 6.04 Å². The Kier molecular flexibility index (Phi) is 4.99. The van der Waals surface area contributed by atoms with E-state index in [0.29, 0.717) is 6.42 Å². The molecule has 1 aromatic carbocycles. The molecule has 2 atom stereocenters. The molecule has 88 valence electrons. The Morgan fingerprint density at radius 2 is 2.00 bits per heavy atom. The molecule has 0 saturated carbocycles. The summed E-state index contributed by atoms with van der Waals surface area (Å²) in [7, 11) is 0. The lowest BCUT2D eigenvalue weighted by molar-refractivity contribution is -0.123. The number of carbonyl (C=O) groups excluding carboxylic acids is 1. The van der Waals surface area contributed by atoms with E-state index >= 15 is 0 Å². The summed E-state index contributed by atoms with van der Waals surface area (Å²) in [6.07, 6.45) is 1.51. The highest BCUT2D eigenvalue weighted by Gasteiger charge is 2.13. The van der Waals surface area contributed by atoms with Crippen molar-refractivity contribution >= 4 is 5.91 Å². The van der Waals surface area contributed by atoms with Crippen molar-refractivity contribution in [1.29, 1.82) is 0 Å². The van der Waals surface area contributed by atoms with Gasteiger partial charge in [-0.3, -0.25) is 4.79 Å². The topological polar surface area (TPSA) is 55.1 Å². The molecule has 0 fully saturated rings. The van der Waals surface area contributed by atoms with Crippen LogP contribution < -0.4 is 11.1 Å². The molecule has 0 aliphatic heterocycles. The maximum absolute atomic E-state index is 11.5. The van der Waals surface area contributed by atoms with Gasteiger partial charge >= 0.3 is 0 Å². The minimum atomic E-state index is -0.391. The summed E-state index contributed by atoms with van der Waals surface area (Å²) in [5.74, 6) is -0.0640. The second-order valence-corrected chi connectivity index (χ2v) is 4.11. The van der Waals surface area contributed by atoms with E-state index in [1.54, 1.807) is 0 Å². The summed E-state index contributed by atoms with van der Waals surface area (Å²) >= 11 is 0. The molecule has 16 heavy (non-hydrogen) atoms. The van der Waals surface area contributed by atoms with Crippen molar-refractivity contribution in [2.24, 2.45) is 5.73 Å². The average Bonchev–Trinajstić information content (AvgIpc) is 2.29. The Hall–Kier alpha value is -1.35. The molecular formula is C13H20N2O. The maximum atomic E-state index is 11.5. The first-order valence-corrected chi connectivity index (χ1v) is 5.73. The van der Waals surface area contributed by atoms with Gasteiger partial charge in [-0.1, -0.05) is 37.3 Å². The molecule has 0 bridgehead atoms. The van der Waals surface area contributed by atoms with E-state index in [9.17, 15) is 4.79 Å². The van der Waals surface area contributed by atoms with Gasteiger partial charge in [-0.25, -0.2) is 0 Å². The number of amides is 1. The van der Waals surface area contributed by atoms with Crippen LogP contribution >= 0.6 is 0 Å². The number of benzene rings is 1. The van der Waals surface area contributed by atoms with E-state index in [1.807, 2.05) is 32.0 Å². The van der Waals surface area contributed by atoms with Crippen molar-refractivity contribution in [3.8, 4) is 0 Å². The number of rotatable bonds is 5. The first-order chi connectivity index (χ1) is 7.63. The third-order valence-corrected chi connectivity index (χ3v) is 2.55. The summed E-state index contributed by atoms with van der Waals surface area (Å²) in [6, 6.07) is 9.83. The summed E-state index contributed by atoms with van der Waals surface area (Å²) in [5, 5.41) is 2.92. The van der Waals surface area contributed by atoms with Crippen molar-refractivity contribution in [1.82, 2.24) is 5.32 Å². The van der Waals surface area contributed by atoms with Crippen LogP contribution in [0.15, 0.2) is 30.3 Å². The first-order valence-electron chi connectivity index (χ1n) is 5.73. The Bertz CT molecular complexity index is 324. The molecule has 1 rings (SSSR count). The summed E-state index contributed by atoms with van der Waals surface area (Å²) in [4.78, 5) is 11.5. The smallest absolute Gasteiger partial charge is 0.237 e. The van der Waals surface area contributed by atoms with Gasteiger partial charge in [-0.2, -0.15) is 0 Å². The molecule has 3 nitrogen and oxygen atoms in total. The molecule has 0 spiro atoms. The predicted molar refractivity (Wildman–Crippen MR) is 66.0 cm³/mol. The zero-order valence-electron chi connectivity index (χ0n) is 9.94. The van der Waals surface area contributed by atoms with Crippen LogP contribution in [0.3, 0.4) is 0 Å². The summed E-state index contributed by atoms with van der Waals surface area (Å²) in [5.41, 5.74) is 6.87. The van der Waals surface area contributed by atoms with Crippen molar-refractivity contribution in [2.75, 3.05) is 0 Å². The molecule has 1 aromatic rings. The van der Waals surface area contributed by atoms with Crippen LogP contribution in [0.4, 0.5) is 0 Å². The summed E-state index contributed by atoms with van der Waals surface area (Å²) < 4.78 is 0. The highest BCUT2D eigenvalue weighted by atomic mass is 16.2. The molecular weight excluding hydrogens is 200 g/mol. The molecule has 3 heteroatoms. The number of nitrogens with one attached hydrogen (secondary N) is 1. The largest absolute Gasteiger partial charge is 0.352 e. The Balaban J connectivity index is 2.42. The van der Waals surface area contributed by atoms with Crippen LogP contribution in [0.25, 0.3) is 0 Å². The number of carbonyl (C=O) groups is 1. The highest BCUT2D eigenvalue weighted by Crippen LogP contribution is 2.02. The lowest BCUT2D eigenvalue weighted by Gasteiger charge is -2.16. The monoisotopic (exact) mass is 220 g/mol. The predicted octanol–water partition coefficient (Wildman–Crippen LogP) is 1.47. The van der Waals surface area contributed by atoms with Crippen LogP contribution in [0, 0.1) is 0 Å². The van der Waals surface area contributed by atoms with Crippen LogP contribution in [-0.2, 0) is 11.2 Å². The quantitative estimate of drug-likeness (QED) is 0.789. The van der Waals surface area contributed by atoms with Crippen molar-refractivity contribution in [3.05, 3.63) is 35.9 Å². The Labute approximate surface area is 97.0 Å². The molecule has 0 radical (unpaired) electrons. The number of hydrogen-bond acceptors (Lipinski definition) is 2. The van der Waals surface area contributed by atoms with E-state index in [-0.39, 0.29) is 11.9 Å². The second-order valence-electron chi connectivity index (χ2n) is 4.11. The maximum Gasteiger partial charge on any atom is 0.237 e. The molecule has 0 saturated heterocycles. The van der Waals surface area contributed by atoms with Gasteiger partial charge in [0.05, 0.1) is 6.04 Å². The normalized spacial score (nSPS) is 14.2. The SMILES string of the molecule is CC[C@@H](N)C(=O)NC(C)Cc1ccccc1. The second kappa shape index (κ2) is 6.28. The number of hydrogen-bond donors (Lipinski definition) is 2. The van der Waals surface area contributed by atoms with Crippen LogP contribution in [-0.4, -0.2) is 18.0 Å². The fraction of sp³-hybridized carbons (Fsp3) is 0.462. The molecule has 0 heterocycles. The molecule has 1 unspecified atom stereocenters. The fourth-order valence-corrected chi connectivity index (χ4v) is 1.55. The van der Waals surface area contributed by atoms with Gasteiger partial charge in [0.15, 0.2) is 0 Å². The third kappa shape index (κ3) is 4.03. The van der Waals surface area contributed by atoms with Gasteiger partial charge < -0.3 is 11.1 Å². The average molecular weight is 220 g/mol. The zero-order chi connectivity index (χ0) is 12.0. The van der Waals surface area contributed by atoms with Crippen LogP contribution in [0.1, 0.15) is 25.8 Å². The van der Waals surface area contributed by atoms with Gasteiger partial charge in [-0.15, -0.1) is 0 Å². The molecule has 0 aliphatic carbocycles. The van der Waals surface area contributed by atoms with E-state index in [4.69, 9.17) is 5.73 Å². The van der Waals surface area contributed by atoms with Crippen molar-refractivity contribution < 1.29 is 4.79 Å². The van der Waals surface area contributed by atoms with E-state index in [0.717, 1.165) is 6.42 Å². The first kappa shape index (κ1) is 12.7. The molecule has 1 amide bonds. The van der Waals surface area contributed by atoms with Crippen LogP contribution in [0.2, 0.25) is 0 Å². The third-order valence-electron chi connectivity index (χ3n) is 2.55. The molecule has 3 N–H and O–H groups in total.